The fraction of sp³-hybridized carbons (Fsp3) is 0.476. The second kappa shape index (κ2) is 9.01. The van der Waals surface area contributed by atoms with Gasteiger partial charge in [-0.15, -0.1) is 0 Å². The highest BCUT2D eigenvalue weighted by Gasteiger charge is 2.27. The number of hydrogen-bond donors (Lipinski definition) is 2. The molecule has 2 amide bonds. The quantitative estimate of drug-likeness (QED) is 0.797. The van der Waals surface area contributed by atoms with Crippen LogP contribution in [0.3, 0.4) is 0 Å². The molecule has 0 radical (unpaired) electrons. The number of nitrogens with zero attached hydrogens (tertiary/aromatic N) is 3. The average Bonchev–Trinajstić information content (AvgIpc) is 3.04. The molecule has 1 aliphatic rings. The number of nitrogens with one attached hydrogen (secondary N) is 1. The van der Waals surface area contributed by atoms with E-state index in [0.29, 0.717) is 25.1 Å². The normalized spacial score (nSPS) is 16.8. The van der Waals surface area contributed by atoms with Crippen molar-refractivity contribution in [2.45, 2.75) is 45.6 Å². The first-order chi connectivity index (χ1) is 13.5. The second-order valence-electron chi connectivity index (χ2n) is 7.38. The van der Waals surface area contributed by atoms with E-state index in [-0.39, 0.29) is 17.9 Å². The highest BCUT2D eigenvalue weighted by molar-refractivity contribution is 5.94. The van der Waals surface area contributed by atoms with Gasteiger partial charge in [0.15, 0.2) is 0 Å². The zero-order valence-electron chi connectivity index (χ0n) is 16.6. The van der Waals surface area contributed by atoms with Crippen molar-refractivity contribution in [1.29, 1.82) is 0 Å². The number of amides is 2. The zero-order valence-corrected chi connectivity index (χ0v) is 16.6. The number of benzene rings is 1. The molecule has 3 N–H and O–H groups in total. The average molecular weight is 383 g/mol. The van der Waals surface area contributed by atoms with E-state index in [9.17, 15) is 9.59 Å². The highest BCUT2D eigenvalue weighted by Crippen LogP contribution is 2.20. The fourth-order valence-corrected chi connectivity index (χ4v) is 3.73. The Bertz CT molecular complexity index is 828. The SMILES string of the molecule is Cc1cc(C)n(-c2ccc(C(=O)N3CCCCC3CNC(=O)CCN)cc2)n1. The molecule has 2 aromatic rings. The number of rotatable bonds is 6. The maximum atomic E-state index is 13.1. The highest BCUT2D eigenvalue weighted by atomic mass is 16.2. The van der Waals surface area contributed by atoms with Gasteiger partial charge in [-0.05, 0) is 63.4 Å². The molecule has 1 unspecified atom stereocenters. The van der Waals surface area contributed by atoms with Crippen LogP contribution >= 0.6 is 0 Å². The van der Waals surface area contributed by atoms with Crippen molar-refractivity contribution in [3.63, 3.8) is 0 Å². The van der Waals surface area contributed by atoms with E-state index < -0.39 is 0 Å². The second-order valence-corrected chi connectivity index (χ2v) is 7.38. The molecule has 0 saturated carbocycles. The van der Waals surface area contributed by atoms with Crippen molar-refractivity contribution in [1.82, 2.24) is 20.0 Å². The van der Waals surface area contributed by atoms with Crippen LogP contribution in [0.15, 0.2) is 30.3 Å². The van der Waals surface area contributed by atoms with Crippen LogP contribution < -0.4 is 11.1 Å². The standard InChI is InChI=1S/C21H29N5O2/c1-15-13-16(2)26(24-15)18-8-6-17(7-9-18)21(28)25-12-4-3-5-19(25)14-23-20(27)10-11-22/h6-9,13,19H,3-5,10-12,14,22H2,1-2H3,(H,23,27). The third-order valence-electron chi connectivity index (χ3n) is 5.16. The predicted octanol–water partition coefficient (Wildman–Crippen LogP) is 1.95. The van der Waals surface area contributed by atoms with E-state index in [4.69, 9.17) is 5.73 Å². The van der Waals surface area contributed by atoms with Crippen LogP contribution in [0.1, 0.15) is 47.4 Å². The van der Waals surface area contributed by atoms with Gasteiger partial charge in [-0.2, -0.15) is 5.10 Å². The number of carbonyl (C=O) groups is 2. The van der Waals surface area contributed by atoms with Gasteiger partial charge in [-0.25, -0.2) is 4.68 Å². The number of aryl methyl sites for hydroxylation is 2. The van der Waals surface area contributed by atoms with Crippen LogP contribution in [-0.2, 0) is 4.79 Å². The lowest BCUT2D eigenvalue weighted by Gasteiger charge is -2.36. The van der Waals surface area contributed by atoms with Gasteiger partial charge in [-0.3, -0.25) is 9.59 Å². The van der Waals surface area contributed by atoms with Gasteiger partial charge >= 0.3 is 0 Å². The summed E-state index contributed by atoms with van der Waals surface area (Å²) in [4.78, 5) is 26.7. The first kappa shape index (κ1) is 20.1. The molecule has 1 aromatic carbocycles. The lowest BCUT2D eigenvalue weighted by molar-refractivity contribution is -0.121. The van der Waals surface area contributed by atoms with Gasteiger partial charge in [0.25, 0.3) is 5.91 Å². The summed E-state index contributed by atoms with van der Waals surface area (Å²) in [5.41, 5.74) is 9.04. The Kier molecular flexibility index (Phi) is 6.46. The molecule has 1 fully saturated rings. The van der Waals surface area contributed by atoms with Crippen molar-refractivity contribution in [3.05, 3.63) is 47.3 Å². The molecule has 0 bridgehead atoms. The van der Waals surface area contributed by atoms with Gasteiger partial charge in [0.2, 0.25) is 5.91 Å². The summed E-state index contributed by atoms with van der Waals surface area (Å²) in [6.07, 6.45) is 3.27. The van der Waals surface area contributed by atoms with Crippen LogP contribution in [0.5, 0.6) is 0 Å². The van der Waals surface area contributed by atoms with E-state index in [1.165, 1.54) is 0 Å². The van der Waals surface area contributed by atoms with E-state index in [1.54, 1.807) is 0 Å². The zero-order chi connectivity index (χ0) is 20.1. The van der Waals surface area contributed by atoms with Gasteiger partial charge < -0.3 is 16.0 Å². The molecule has 1 aromatic heterocycles. The number of nitrogens with two attached hydrogens (primary N) is 1. The minimum Gasteiger partial charge on any atom is -0.354 e. The molecule has 1 atom stereocenters. The van der Waals surface area contributed by atoms with Crippen molar-refractivity contribution in [2.24, 2.45) is 5.73 Å². The molecule has 7 heteroatoms. The van der Waals surface area contributed by atoms with Gasteiger partial charge in [0.1, 0.15) is 0 Å². The minimum atomic E-state index is -0.0605. The Morgan fingerprint density at radius 2 is 1.96 bits per heavy atom. The molecule has 28 heavy (non-hydrogen) atoms. The third kappa shape index (κ3) is 4.59. The maximum absolute atomic E-state index is 13.1. The minimum absolute atomic E-state index is 0.0118. The number of likely N-dealkylation sites (tertiary alicyclic amines) is 1. The smallest absolute Gasteiger partial charge is 0.254 e. The van der Waals surface area contributed by atoms with E-state index in [0.717, 1.165) is 42.9 Å². The number of piperidine rings is 1. The molecule has 3 rings (SSSR count). The Morgan fingerprint density at radius 3 is 2.61 bits per heavy atom. The summed E-state index contributed by atoms with van der Waals surface area (Å²) < 4.78 is 1.88. The molecule has 0 spiro atoms. The van der Waals surface area contributed by atoms with E-state index in [2.05, 4.69) is 10.4 Å². The van der Waals surface area contributed by atoms with Crippen LogP contribution in [0.25, 0.3) is 5.69 Å². The third-order valence-corrected chi connectivity index (χ3v) is 5.16. The molecule has 2 heterocycles. The Morgan fingerprint density at radius 1 is 1.21 bits per heavy atom. The molecule has 1 aliphatic heterocycles. The fourth-order valence-electron chi connectivity index (χ4n) is 3.73. The van der Waals surface area contributed by atoms with E-state index >= 15 is 0 Å². The van der Waals surface area contributed by atoms with Crippen molar-refractivity contribution in [3.8, 4) is 5.69 Å². The van der Waals surface area contributed by atoms with Crippen LogP contribution in [0.4, 0.5) is 0 Å². The molecular weight excluding hydrogens is 354 g/mol. The lowest BCUT2D eigenvalue weighted by atomic mass is 10.0. The monoisotopic (exact) mass is 383 g/mol. The number of carbonyl (C=O) groups excluding carboxylic acids is 2. The number of hydrogen-bond acceptors (Lipinski definition) is 4. The molecule has 0 aliphatic carbocycles. The van der Waals surface area contributed by atoms with Crippen LogP contribution in [-0.4, -0.2) is 52.2 Å². The largest absolute Gasteiger partial charge is 0.354 e. The van der Waals surface area contributed by atoms with Gasteiger partial charge in [0, 0.05) is 43.4 Å². The summed E-state index contributed by atoms with van der Waals surface area (Å²) in [6.45, 7) is 5.51. The first-order valence-electron chi connectivity index (χ1n) is 9.91. The van der Waals surface area contributed by atoms with Gasteiger partial charge in [0.05, 0.1) is 11.4 Å². The number of aromatic nitrogens is 2. The topological polar surface area (TPSA) is 93.2 Å². The summed E-state index contributed by atoms with van der Waals surface area (Å²) in [6, 6.07) is 9.61. The van der Waals surface area contributed by atoms with Crippen molar-refractivity contribution >= 4 is 11.8 Å². The van der Waals surface area contributed by atoms with Crippen LogP contribution in [0.2, 0.25) is 0 Å². The predicted molar refractivity (Wildman–Crippen MR) is 108 cm³/mol. The molecule has 150 valence electrons. The molecule has 1 saturated heterocycles. The summed E-state index contributed by atoms with van der Waals surface area (Å²) in [5.74, 6) is -0.0487. The first-order valence-corrected chi connectivity index (χ1v) is 9.91. The maximum Gasteiger partial charge on any atom is 0.254 e. The van der Waals surface area contributed by atoms with Gasteiger partial charge in [-0.1, -0.05) is 0 Å². The molecule has 7 nitrogen and oxygen atoms in total. The van der Waals surface area contributed by atoms with E-state index in [1.807, 2.05) is 53.8 Å². The summed E-state index contributed by atoms with van der Waals surface area (Å²) >= 11 is 0. The Balaban J connectivity index is 1.70. The van der Waals surface area contributed by atoms with Crippen LogP contribution in [0, 0.1) is 13.8 Å². The Hall–Kier alpha value is -2.67. The summed E-state index contributed by atoms with van der Waals surface area (Å²) in [5, 5.41) is 7.39. The van der Waals surface area contributed by atoms with Crippen molar-refractivity contribution in [2.75, 3.05) is 19.6 Å². The summed E-state index contributed by atoms with van der Waals surface area (Å²) in [7, 11) is 0. The Labute approximate surface area is 165 Å². The lowest BCUT2D eigenvalue weighted by Crippen LogP contribution is -2.49. The molecular formula is C21H29N5O2. The van der Waals surface area contributed by atoms with Crippen molar-refractivity contribution < 1.29 is 9.59 Å².